The zero-order valence-corrected chi connectivity index (χ0v) is 11.0. The van der Waals surface area contributed by atoms with Crippen molar-refractivity contribution in [3.63, 3.8) is 0 Å². The molecule has 3 nitrogen and oxygen atoms in total. The van der Waals surface area contributed by atoms with Gasteiger partial charge in [0, 0.05) is 25.0 Å². The molecule has 3 heteroatoms. The molecule has 0 aromatic heterocycles. The Balaban J connectivity index is 1.90. The van der Waals surface area contributed by atoms with Gasteiger partial charge in [0.15, 0.2) is 0 Å². The number of carbonyl (C=O) groups excluding carboxylic acids is 1. The number of hydrogen-bond acceptors (Lipinski definition) is 2. The van der Waals surface area contributed by atoms with E-state index in [9.17, 15) is 4.79 Å². The molecular formula is C14H26N2O. The molecule has 1 saturated heterocycles. The lowest BCUT2D eigenvalue weighted by molar-refractivity contribution is -0.137. The number of likely N-dealkylation sites (tertiary alicyclic amines) is 1. The minimum absolute atomic E-state index is 0.179. The summed E-state index contributed by atoms with van der Waals surface area (Å²) >= 11 is 0. The minimum atomic E-state index is 0.179. The molecule has 2 rings (SSSR count). The van der Waals surface area contributed by atoms with E-state index < -0.39 is 0 Å². The van der Waals surface area contributed by atoms with Gasteiger partial charge >= 0.3 is 0 Å². The van der Waals surface area contributed by atoms with Crippen LogP contribution >= 0.6 is 0 Å². The summed E-state index contributed by atoms with van der Waals surface area (Å²) in [5, 5.41) is 0. The molecule has 98 valence electrons. The van der Waals surface area contributed by atoms with Crippen LogP contribution in [0.1, 0.15) is 51.9 Å². The quantitative estimate of drug-likeness (QED) is 0.712. The minimum Gasteiger partial charge on any atom is -0.341 e. The van der Waals surface area contributed by atoms with Crippen molar-refractivity contribution in [2.45, 2.75) is 57.9 Å². The fraction of sp³-hybridized carbons (Fsp3) is 0.929. The molecule has 0 bridgehead atoms. The van der Waals surface area contributed by atoms with Crippen LogP contribution in [0, 0.1) is 11.8 Å². The standard InChI is InChI=1S/C14H26N2O/c1-11-8-9-16(10-13(11)15)14(17)12-6-4-2-3-5-7-12/h11-13H,2-10,15H2,1H3. The third kappa shape index (κ3) is 3.21. The van der Waals surface area contributed by atoms with E-state index in [4.69, 9.17) is 5.73 Å². The molecule has 0 spiro atoms. The second-order valence-electron chi connectivity index (χ2n) is 5.90. The number of hydrogen-bond donors (Lipinski definition) is 1. The number of piperidine rings is 1. The zero-order valence-electron chi connectivity index (χ0n) is 11.0. The largest absolute Gasteiger partial charge is 0.341 e. The maximum absolute atomic E-state index is 12.4. The third-order valence-electron chi connectivity index (χ3n) is 4.53. The summed E-state index contributed by atoms with van der Waals surface area (Å²) in [4.78, 5) is 14.5. The Bertz CT molecular complexity index is 259. The summed E-state index contributed by atoms with van der Waals surface area (Å²) in [5.41, 5.74) is 6.07. The molecule has 2 aliphatic rings. The lowest BCUT2D eigenvalue weighted by atomic mass is 9.92. The molecule has 1 aliphatic heterocycles. The van der Waals surface area contributed by atoms with E-state index in [0.29, 0.717) is 11.8 Å². The SMILES string of the molecule is CC1CCN(C(=O)C2CCCCCC2)CC1N. The van der Waals surface area contributed by atoms with E-state index in [1.807, 2.05) is 4.90 Å². The first-order valence-electron chi connectivity index (χ1n) is 7.23. The molecule has 0 radical (unpaired) electrons. The smallest absolute Gasteiger partial charge is 0.225 e. The maximum Gasteiger partial charge on any atom is 0.225 e. The average Bonchev–Trinajstić information content (AvgIpc) is 2.60. The number of carbonyl (C=O) groups is 1. The Morgan fingerprint density at radius 2 is 1.76 bits per heavy atom. The van der Waals surface area contributed by atoms with E-state index in [-0.39, 0.29) is 12.0 Å². The molecule has 0 aromatic rings. The second kappa shape index (κ2) is 5.85. The van der Waals surface area contributed by atoms with Crippen molar-refractivity contribution < 1.29 is 4.79 Å². The van der Waals surface area contributed by atoms with Crippen LogP contribution in [0.15, 0.2) is 0 Å². The van der Waals surface area contributed by atoms with Crippen LogP contribution in [0.25, 0.3) is 0 Å². The topological polar surface area (TPSA) is 46.3 Å². The Morgan fingerprint density at radius 3 is 2.35 bits per heavy atom. The van der Waals surface area contributed by atoms with Crippen LogP contribution in [0.5, 0.6) is 0 Å². The molecule has 2 fully saturated rings. The first-order valence-corrected chi connectivity index (χ1v) is 7.23. The monoisotopic (exact) mass is 238 g/mol. The van der Waals surface area contributed by atoms with Crippen LogP contribution in [0.2, 0.25) is 0 Å². The van der Waals surface area contributed by atoms with Crippen LogP contribution in [-0.4, -0.2) is 29.9 Å². The fourth-order valence-electron chi connectivity index (χ4n) is 3.08. The lowest BCUT2D eigenvalue weighted by Gasteiger charge is -2.36. The van der Waals surface area contributed by atoms with E-state index >= 15 is 0 Å². The van der Waals surface area contributed by atoms with E-state index in [1.54, 1.807) is 0 Å². The van der Waals surface area contributed by atoms with Crippen molar-refractivity contribution >= 4 is 5.91 Å². The van der Waals surface area contributed by atoms with Gasteiger partial charge in [0.1, 0.15) is 0 Å². The molecule has 0 aromatic carbocycles. The summed E-state index contributed by atoms with van der Waals surface area (Å²) in [7, 11) is 0. The molecule has 2 unspecified atom stereocenters. The first-order chi connectivity index (χ1) is 8.18. The molecule has 1 aliphatic carbocycles. The fourth-order valence-corrected chi connectivity index (χ4v) is 3.08. The van der Waals surface area contributed by atoms with Gasteiger partial charge in [0.2, 0.25) is 5.91 Å². The highest BCUT2D eigenvalue weighted by atomic mass is 16.2. The molecule has 1 amide bonds. The number of amides is 1. The molecule has 17 heavy (non-hydrogen) atoms. The number of nitrogens with zero attached hydrogens (tertiary/aromatic N) is 1. The molecule has 1 heterocycles. The Hall–Kier alpha value is -0.570. The second-order valence-corrected chi connectivity index (χ2v) is 5.90. The van der Waals surface area contributed by atoms with Gasteiger partial charge in [-0.25, -0.2) is 0 Å². The predicted molar refractivity (Wildman–Crippen MR) is 69.5 cm³/mol. The van der Waals surface area contributed by atoms with Gasteiger partial charge in [-0.05, 0) is 25.2 Å². The third-order valence-corrected chi connectivity index (χ3v) is 4.53. The van der Waals surface area contributed by atoms with Gasteiger partial charge in [-0.3, -0.25) is 4.79 Å². The van der Waals surface area contributed by atoms with Crippen LogP contribution in [0.3, 0.4) is 0 Å². The van der Waals surface area contributed by atoms with Crippen molar-refractivity contribution in [2.24, 2.45) is 17.6 Å². The highest BCUT2D eigenvalue weighted by Crippen LogP contribution is 2.26. The summed E-state index contributed by atoms with van der Waals surface area (Å²) < 4.78 is 0. The molecule has 2 atom stereocenters. The van der Waals surface area contributed by atoms with Crippen molar-refractivity contribution in [3.8, 4) is 0 Å². The Kier molecular flexibility index (Phi) is 4.43. The van der Waals surface area contributed by atoms with E-state index in [2.05, 4.69) is 6.92 Å². The number of nitrogens with two attached hydrogens (primary N) is 1. The molecule has 2 N–H and O–H groups in total. The summed E-state index contributed by atoms with van der Waals surface area (Å²) in [6, 6.07) is 0.179. The highest BCUT2D eigenvalue weighted by Gasteiger charge is 2.30. The van der Waals surface area contributed by atoms with Crippen LogP contribution in [0.4, 0.5) is 0 Å². The average molecular weight is 238 g/mol. The Labute approximate surface area is 105 Å². The number of rotatable bonds is 1. The normalized spacial score (nSPS) is 32.2. The van der Waals surface area contributed by atoms with Gasteiger partial charge in [-0.1, -0.05) is 32.6 Å². The van der Waals surface area contributed by atoms with Crippen molar-refractivity contribution in [3.05, 3.63) is 0 Å². The van der Waals surface area contributed by atoms with Crippen molar-refractivity contribution in [1.29, 1.82) is 0 Å². The predicted octanol–water partition coefficient (Wildman–Crippen LogP) is 2.15. The Morgan fingerprint density at radius 1 is 1.12 bits per heavy atom. The van der Waals surface area contributed by atoms with Crippen molar-refractivity contribution in [2.75, 3.05) is 13.1 Å². The van der Waals surface area contributed by atoms with Crippen molar-refractivity contribution in [1.82, 2.24) is 4.90 Å². The van der Waals surface area contributed by atoms with Crippen LogP contribution < -0.4 is 5.73 Å². The van der Waals surface area contributed by atoms with Gasteiger partial charge < -0.3 is 10.6 Å². The lowest BCUT2D eigenvalue weighted by Crippen LogP contribution is -2.51. The van der Waals surface area contributed by atoms with Gasteiger partial charge in [0.05, 0.1) is 0 Å². The summed E-state index contributed by atoms with van der Waals surface area (Å²) in [6.07, 6.45) is 8.33. The molecular weight excluding hydrogens is 212 g/mol. The van der Waals surface area contributed by atoms with Gasteiger partial charge in [-0.15, -0.1) is 0 Å². The van der Waals surface area contributed by atoms with Crippen LogP contribution in [-0.2, 0) is 4.79 Å². The molecule has 1 saturated carbocycles. The van der Waals surface area contributed by atoms with Gasteiger partial charge in [-0.2, -0.15) is 0 Å². The zero-order chi connectivity index (χ0) is 12.3. The van der Waals surface area contributed by atoms with E-state index in [0.717, 1.165) is 32.4 Å². The van der Waals surface area contributed by atoms with E-state index in [1.165, 1.54) is 25.7 Å². The maximum atomic E-state index is 12.4. The van der Waals surface area contributed by atoms with Gasteiger partial charge in [0.25, 0.3) is 0 Å². The summed E-state index contributed by atoms with van der Waals surface area (Å²) in [5.74, 6) is 1.24. The first kappa shape index (κ1) is 12.9. The highest BCUT2D eigenvalue weighted by molar-refractivity contribution is 5.79. The summed E-state index contributed by atoms with van der Waals surface area (Å²) in [6.45, 7) is 3.89.